The fourth-order valence-electron chi connectivity index (χ4n) is 2.42. The van der Waals surface area contributed by atoms with Crippen LogP contribution in [0.25, 0.3) is 0 Å². The third kappa shape index (κ3) is 5.11. The van der Waals surface area contributed by atoms with Crippen molar-refractivity contribution in [2.75, 3.05) is 6.54 Å². The molecule has 0 bridgehead atoms. The number of halogens is 3. The predicted molar refractivity (Wildman–Crippen MR) is 92.3 cm³/mol. The van der Waals surface area contributed by atoms with E-state index in [1.807, 2.05) is 31.2 Å². The van der Waals surface area contributed by atoms with Crippen molar-refractivity contribution in [2.45, 2.75) is 25.9 Å². The highest BCUT2D eigenvalue weighted by molar-refractivity contribution is 9.10. The summed E-state index contributed by atoms with van der Waals surface area (Å²) in [5.41, 5.74) is 1.38. The van der Waals surface area contributed by atoms with E-state index in [2.05, 4.69) is 21.2 Å². The van der Waals surface area contributed by atoms with Gasteiger partial charge in [0.05, 0.1) is 6.04 Å². The molecule has 6 heteroatoms. The van der Waals surface area contributed by atoms with Gasteiger partial charge in [-0.05, 0) is 43.7 Å². The molecule has 0 aliphatic carbocycles. The first-order valence-electron chi connectivity index (χ1n) is 7.70. The molecule has 0 spiro atoms. The van der Waals surface area contributed by atoms with Gasteiger partial charge in [-0.2, -0.15) is 0 Å². The summed E-state index contributed by atoms with van der Waals surface area (Å²) in [6, 6.07) is 10.8. The Morgan fingerprint density at radius 1 is 1.17 bits per heavy atom. The van der Waals surface area contributed by atoms with Gasteiger partial charge in [-0.15, -0.1) is 0 Å². The zero-order chi connectivity index (χ0) is 17.7. The molecule has 0 aliphatic rings. The summed E-state index contributed by atoms with van der Waals surface area (Å²) in [4.78, 5) is 12.1. The average Bonchev–Trinajstić information content (AvgIpc) is 2.53. The maximum Gasteiger partial charge on any atom is 0.275 e. The number of benzene rings is 2. The van der Waals surface area contributed by atoms with Crippen LogP contribution < -0.4 is 10.6 Å². The van der Waals surface area contributed by atoms with Crippen molar-refractivity contribution in [2.24, 2.45) is 0 Å². The zero-order valence-corrected chi connectivity index (χ0v) is 15.1. The van der Waals surface area contributed by atoms with Gasteiger partial charge in [-0.3, -0.25) is 4.79 Å². The summed E-state index contributed by atoms with van der Waals surface area (Å²) in [7, 11) is 0. The van der Waals surface area contributed by atoms with Crippen LogP contribution in [0, 0.1) is 11.6 Å². The van der Waals surface area contributed by atoms with Gasteiger partial charge in [0.2, 0.25) is 0 Å². The molecule has 0 radical (unpaired) electrons. The van der Waals surface area contributed by atoms with E-state index in [1.165, 1.54) is 12.1 Å². The molecule has 0 aliphatic heterocycles. The largest absolute Gasteiger partial charge is 0.345 e. The fraction of sp³-hybridized carbons (Fsp3) is 0.278. The lowest BCUT2D eigenvalue weighted by Crippen LogP contribution is -2.87. The van der Waals surface area contributed by atoms with Crippen molar-refractivity contribution in [3.63, 3.8) is 0 Å². The highest BCUT2D eigenvalue weighted by Gasteiger charge is 2.17. The van der Waals surface area contributed by atoms with Gasteiger partial charge in [0, 0.05) is 16.1 Å². The van der Waals surface area contributed by atoms with E-state index in [0.717, 1.165) is 16.1 Å². The molecule has 0 heterocycles. The van der Waals surface area contributed by atoms with Crippen molar-refractivity contribution in [1.82, 2.24) is 5.32 Å². The number of quaternary nitrogens is 1. The maximum atomic E-state index is 13.7. The van der Waals surface area contributed by atoms with Crippen molar-refractivity contribution >= 4 is 21.8 Å². The van der Waals surface area contributed by atoms with Gasteiger partial charge >= 0.3 is 0 Å². The summed E-state index contributed by atoms with van der Waals surface area (Å²) >= 11 is 3.37. The van der Waals surface area contributed by atoms with Crippen LogP contribution in [0.15, 0.2) is 46.9 Å². The normalized spacial score (nSPS) is 13.4. The summed E-state index contributed by atoms with van der Waals surface area (Å²) in [6.45, 7) is 3.85. The third-order valence-electron chi connectivity index (χ3n) is 3.86. The van der Waals surface area contributed by atoms with Crippen LogP contribution >= 0.6 is 15.9 Å². The van der Waals surface area contributed by atoms with Crippen molar-refractivity contribution in [1.29, 1.82) is 0 Å². The van der Waals surface area contributed by atoms with Crippen LogP contribution in [0.5, 0.6) is 0 Å². The van der Waals surface area contributed by atoms with Gasteiger partial charge in [0.25, 0.3) is 5.91 Å². The van der Waals surface area contributed by atoms with Gasteiger partial charge in [-0.25, -0.2) is 8.78 Å². The molecule has 1 amide bonds. The van der Waals surface area contributed by atoms with Crippen LogP contribution in [0.2, 0.25) is 0 Å². The van der Waals surface area contributed by atoms with E-state index in [9.17, 15) is 13.6 Å². The second-order valence-electron chi connectivity index (χ2n) is 5.74. The standard InChI is InChI=1S/C18H19BrF2N2O/c1-11(13-3-5-14(19)6-4-13)23-18(24)10-22-12(2)16-8-7-15(20)9-17(16)21/h3-9,11-12,22H,10H2,1-2H3,(H,23,24)/p+1/t11-,12+/m0/s1. The molecule has 3 nitrogen and oxygen atoms in total. The molecule has 2 aromatic carbocycles. The number of rotatable bonds is 6. The summed E-state index contributed by atoms with van der Waals surface area (Å²) in [5.74, 6) is -1.34. The van der Waals surface area contributed by atoms with Crippen LogP contribution in [0.1, 0.15) is 37.1 Å². The molecule has 2 aromatic rings. The fourth-order valence-corrected chi connectivity index (χ4v) is 2.68. The molecule has 3 N–H and O–H groups in total. The van der Waals surface area contributed by atoms with Crippen LogP contribution in [0.3, 0.4) is 0 Å². The number of hydrogen-bond acceptors (Lipinski definition) is 1. The molecule has 0 fully saturated rings. The predicted octanol–water partition coefficient (Wildman–Crippen LogP) is 3.23. The van der Waals surface area contributed by atoms with E-state index in [-0.39, 0.29) is 24.5 Å². The molecule has 2 rings (SSSR count). The third-order valence-corrected chi connectivity index (χ3v) is 4.39. The Morgan fingerprint density at radius 3 is 2.46 bits per heavy atom. The summed E-state index contributed by atoms with van der Waals surface area (Å²) in [5, 5.41) is 4.63. The monoisotopic (exact) mass is 397 g/mol. The van der Waals surface area contributed by atoms with E-state index in [1.54, 1.807) is 12.2 Å². The van der Waals surface area contributed by atoms with Crippen LogP contribution in [-0.2, 0) is 4.79 Å². The number of hydrogen-bond donors (Lipinski definition) is 2. The van der Waals surface area contributed by atoms with Crippen LogP contribution in [0.4, 0.5) is 8.78 Å². The summed E-state index contributed by atoms with van der Waals surface area (Å²) < 4.78 is 27.6. The van der Waals surface area contributed by atoms with Crippen LogP contribution in [-0.4, -0.2) is 12.5 Å². The molecule has 0 saturated carbocycles. The van der Waals surface area contributed by atoms with Gasteiger partial charge in [0.15, 0.2) is 6.54 Å². The van der Waals surface area contributed by atoms with Crippen molar-refractivity contribution in [3.8, 4) is 0 Å². The SMILES string of the molecule is C[C@H](NC(=O)C[NH2+][C@H](C)c1ccc(F)cc1F)c1ccc(Br)cc1. The van der Waals surface area contributed by atoms with Crippen molar-refractivity contribution in [3.05, 3.63) is 69.7 Å². The highest BCUT2D eigenvalue weighted by Crippen LogP contribution is 2.16. The first-order chi connectivity index (χ1) is 11.4. The molecule has 24 heavy (non-hydrogen) atoms. The molecular weight excluding hydrogens is 378 g/mol. The quantitative estimate of drug-likeness (QED) is 0.771. The Hall–Kier alpha value is -1.79. The Bertz CT molecular complexity index is 707. The number of carbonyl (C=O) groups is 1. The molecule has 128 valence electrons. The topological polar surface area (TPSA) is 45.7 Å². The minimum atomic E-state index is -0.607. The second kappa shape index (κ2) is 8.35. The van der Waals surface area contributed by atoms with E-state index >= 15 is 0 Å². The number of carbonyl (C=O) groups excluding carboxylic acids is 1. The van der Waals surface area contributed by atoms with E-state index < -0.39 is 11.6 Å². The lowest BCUT2D eigenvalue weighted by Gasteiger charge is -2.16. The summed E-state index contributed by atoms with van der Waals surface area (Å²) in [6.07, 6.45) is 0. The number of amides is 1. The first kappa shape index (κ1) is 18.5. The Labute approximate surface area is 148 Å². The molecule has 0 aromatic heterocycles. The molecule has 0 saturated heterocycles. The highest BCUT2D eigenvalue weighted by atomic mass is 79.9. The molecule has 0 unspecified atom stereocenters. The minimum absolute atomic E-state index is 0.114. The zero-order valence-electron chi connectivity index (χ0n) is 13.5. The van der Waals surface area contributed by atoms with E-state index in [4.69, 9.17) is 0 Å². The van der Waals surface area contributed by atoms with Crippen molar-refractivity contribution < 1.29 is 18.9 Å². The first-order valence-corrected chi connectivity index (χ1v) is 8.49. The lowest BCUT2D eigenvalue weighted by atomic mass is 10.1. The Kier molecular flexibility index (Phi) is 6.45. The van der Waals surface area contributed by atoms with E-state index in [0.29, 0.717) is 5.56 Å². The molecular formula is C18H20BrF2N2O+. The minimum Gasteiger partial charge on any atom is -0.345 e. The molecule has 2 atom stereocenters. The number of nitrogens with one attached hydrogen (secondary N) is 1. The maximum absolute atomic E-state index is 13.7. The Morgan fingerprint density at radius 2 is 1.83 bits per heavy atom. The van der Waals surface area contributed by atoms with Gasteiger partial charge in [0.1, 0.15) is 17.7 Å². The number of nitrogens with two attached hydrogens (primary N) is 1. The van der Waals surface area contributed by atoms with Gasteiger partial charge < -0.3 is 10.6 Å². The van der Waals surface area contributed by atoms with Gasteiger partial charge in [-0.1, -0.05) is 28.1 Å². The smallest absolute Gasteiger partial charge is 0.275 e. The average molecular weight is 398 g/mol. The Balaban J connectivity index is 1.87. The second-order valence-corrected chi connectivity index (χ2v) is 6.65. The lowest BCUT2D eigenvalue weighted by molar-refractivity contribution is -0.682.